The van der Waals surface area contributed by atoms with Crippen LogP contribution in [0.3, 0.4) is 0 Å². The fraction of sp³-hybridized carbons (Fsp3) is 0.800. The summed E-state index contributed by atoms with van der Waals surface area (Å²) >= 11 is 0. The van der Waals surface area contributed by atoms with Crippen LogP contribution in [0.1, 0.15) is 32.6 Å². The van der Waals surface area contributed by atoms with E-state index in [4.69, 9.17) is 11.2 Å². The highest BCUT2D eigenvalue weighted by Crippen LogP contribution is 2.25. The zero-order valence-corrected chi connectivity index (χ0v) is 7.18. The van der Waals surface area contributed by atoms with Gasteiger partial charge >= 0.3 is 0 Å². The van der Waals surface area contributed by atoms with Gasteiger partial charge in [-0.05, 0) is 32.6 Å². The molecule has 0 aliphatic heterocycles. The second kappa shape index (κ2) is 4.41. The monoisotopic (exact) mass is 152 g/mol. The number of hydrogen-bond acceptors (Lipinski definition) is 1. The van der Waals surface area contributed by atoms with Crippen LogP contribution in [-0.2, 0) is 4.74 Å². The first-order valence-electron chi connectivity index (χ1n) is 4.44. The van der Waals surface area contributed by atoms with Gasteiger partial charge in [0, 0.05) is 12.5 Å². The van der Waals surface area contributed by atoms with E-state index in [1.54, 1.807) is 0 Å². The zero-order chi connectivity index (χ0) is 8.10. The van der Waals surface area contributed by atoms with Crippen LogP contribution in [-0.4, -0.2) is 12.7 Å². The lowest BCUT2D eigenvalue weighted by atomic mass is 9.88. The summed E-state index contributed by atoms with van der Waals surface area (Å²) in [5.41, 5.74) is 0. The lowest BCUT2D eigenvalue weighted by Crippen LogP contribution is -2.20. The Morgan fingerprint density at radius 1 is 1.36 bits per heavy atom. The summed E-state index contributed by atoms with van der Waals surface area (Å²) in [5.74, 6) is 3.33. The molecule has 0 spiro atoms. The van der Waals surface area contributed by atoms with E-state index in [2.05, 4.69) is 5.92 Å². The summed E-state index contributed by atoms with van der Waals surface area (Å²) in [7, 11) is 0. The molecule has 11 heavy (non-hydrogen) atoms. The van der Waals surface area contributed by atoms with E-state index in [9.17, 15) is 0 Å². The van der Waals surface area contributed by atoms with Gasteiger partial charge in [0.25, 0.3) is 0 Å². The summed E-state index contributed by atoms with van der Waals surface area (Å²) < 4.78 is 5.51. The molecule has 0 saturated heterocycles. The molecule has 1 heteroatoms. The third-order valence-electron chi connectivity index (χ3n) is 2.31. The van der Waals surface area contributed by atoms with E-state index in [1.165, 1.54) is 0 Å². The molecule has 1 fully saturated rings. The van der Waals surface area contributed by atoms with Crippen molar-refractivity contribution in [3.8, 4) is 12.3 Å². The van der Waals surface area contributed by atoms with Gasteiger partial charge in [-0.2, -0.15) is 0 Å². The highest BCUT2D eigenvalue weighted by molar-refractivity contribution is 4.95. The van der Waals surface area contributed by atoms with E-state index in [-0.39, 0.29) is 0 Å². The first-order valence-corrected chi connectivity index (χ1v) is 4.44. The highest BCUT2D eigenvalue weighted by Gasteiger charge is 2.19. The fourth-order valence-electron chi connectivity index (χ4n) is 1.63. The van der Waals surface area contributed by atoms with Crippen LogP contribution in [0.2, 0.25) is 0 Å². The van der Waals surface area contributed by atoms with E-state index < -0.39 is 0 Å². The third-order valence-corrected chi connectivity index (χ3v) is 2.31. The van der Waals surface area contributed by atoms with Crippen molar-refractivity contribution >= 4 is 0 Å². The molecule has 0 heterocycles. The predicted octanol–water partition coefficient (Wildman–Crippen LogP) is 2.21. The van der Waals surface area contributed by atoms with E-state index in [1.807, 2.05) is 6.92 Å². The molecule has 1 nitrogen and oxygen atoms in total. The summed E-state index contributed by atoms with van der Waals surface area (Å²) in [6.45, 7) is 2.89. The summed E-state index contributed by atoms with van der Waals surface area (Å²) in [5, 5.41) is 0. The molecule has 0 bridgehead atoms. The second-order valence-corrected chi connectivity index (χ2v) is 3.10. The lowest BCUT2D eigenvalue weighted by Gasteiger charge is -2.25. The Hall–Kier alpha value is -0.480. The number of hydrogen-bond donors (Lipinski definition) is 0. The van der Waals surface area contributed by atoms with Gasteiger partial charge in [0.15, 0.2) is 0 Å². The van der Waals surface area contributed by atoms with Gasteiger partial charge in [0.1, 0.15) is 0 Å². The van der Waals surface area contributed by atoms with Crippen LogP contribution in [0.25, 0.3) is 0 Å². The third kappa shape index (κ3) is 2.55. The zero-order valence-electron chi connectivity index (χ0n) is 7.18. The summed E-state index contributed by atoms with van der Waals surface area (Å²) in [4.78, 5) is 0. The molecule has 1 aliphatic carbocycles. The summed E-state index contributed by atoms with van der Waals surface area (Å²) in [6, 6.07) is 0. The Balaban J connectivity index is 2.20. The first kappa shape index (κ1) is 8.62. The Labute approximate surface area is 69.1 Å². The number of ether oxygens (including phenoxy) is 1. The molecular weight excluding hydrogens is 136 g/mol. The van der Waals surface area contributed by atoms with Gasteiger partial charge in [-0.3, -0.25) is 0 Å². The van der Waals surface area contributed by atoms with Crippen molar-refractivity contribution in [3.63, 3.8) is 0 Å². The van der Waals surface area contributed by atoms with Gasteiger partial charge in [0.2, 0.25) is 0 Å². The molecule has 1 rings (SSSR count). The topological polar surface area (TPSA) is 9.23 Å². The molecule has 0 N–H and O–H groups in total. The van der Waals surface area contributed by atoms with Crippen LogP contribution in [0.5, 0.6) is 0 Å². The molecule has 1 aliphatic rings. The lowest BCUT2D eigenvalue weighted by molar-refractivity contribution is 0.0310. The Morgan fingerprint density at radius 3 is 2.45 bits per heavy atom. The van der Waals surface area contributed by atoms with Crippen molar-refractivity contribution in [2.75, 3.05) is 6.61 Å². The van der Waals surface area contributed by atoms with Crippen molar-refractivity contribution < 1.29 is 4.74 Å². The molecule has 0 atom stereocenters. The van der Waals surface area contributed by atoms with E-state index >= 15 is 0 Å². The van der Waals surface area contributed by atoms with Crippen molar-refractivity contribution in [3.05, 3.63) is 0 Å². The van der Waals surface area contributed by atoms with Gasteiger partial charge in [0.05, 0.1) is 6.10 Å². The van der Waals surface area contributed by atoms with Crippen molar-refractivity contribution in [2.45, 2.75) is 38.7 Å². The largest absolute Gasteiger partial charge is 0.379 e. The Kier molecular flexibility index (Phi) is 3.45. The minimum atomic E-state index is 0.490. The van der Waals surface area contributed by atoms with Gasteiger partial charge < -0.3 is 4.74 Å². The van der Waals surface area contributed by atoms with Crippen molar-refractivity contribution in [2.24, 2.45) is 5.92 Å². The van der Waals surface area contributed by atoms with Crippen LogP contribution in [0, 0.1) is 18.3 Å². The quantitative estimate of drug-likeness (QED) is 0.551. The minimum absolute atomic E-state index is 0.490. The van der Waals surface area contributed by atoms with Gasteiger partial charge in [-0.1, -0.05) is 0 Å². The molecule has 0 aromatic heterocycles. The van der Waals surface area contributed by atoms with Gasteiger partial charge in [-0.25, -0.2) is 0 Å². The number of terminal acetylenes is 1. The smallest absolute Gasteiger partial charge is 0.0575 e. The Bertz CT molecular complexity index is 137. The molecule has 0 unspecified atom stereocenters. The maximum Gasteiger partial charge on any atom is 0.0575 e. The molecule has 0 aromatic carbocycles. The maximum absolute atomic E-state index is 5.51. The maximum atomic E-state index is 5.51. The normalized spacial score (nSPS) is 31.3. The van der Waals surface area contributed by atoms with Gasteiger partial charge in [-0.15, -0.1) is 12.3 Å². The number of rotatable bonds is 2. The van der Waals surface area contributed by atoms with Crippen LogP contribution >= 0.6 is 0 Å². The van der Waals surface area contributed by atoms with Crippen molar-refractivity contribution in [1.29, 1.82) is 0 Å². The van der Waals surface area contributed by atoms with Crippen LogP contribution in [0.15, 0.2) is 0 Å². The SMILES string of the molecule is C#CC1CCC(OCC)CC1. The van der Waals surface area contributed by atoms with E-state index in [0.717, 1.165) is 32.3 Å². The first-order chi connectivity index (χ1) is 5.36. The predicted molar refractivity (Wildman–Crippen MR) is 46.2 cm³/mol. The second-order valence-electron chi connectivity index (χ2n) is 3.10. The highest BCUT2D eigenvalue weighted by atomic mass is 16.5. The Morgan fingerprint density at radius 2 is 2.00 bits per heavy atom. The molecule has 0 amide bonds. The molecule has 0 aromatic rings. The van der Waals surface area contributed by atoms with Crippen LogP contribution < -0.4 is 0 Å². The van der Waals surface area contributed by atoms with Crippen molar-refractivity contribution in [1.82, 2.24) is 0 Å². The molecule has 0 radical (unpaired) electrons. The summed E-state index contributed by atoms with van der Waals surface area (Å²) in [6.07, 6.45) is 10.4. The fourth-order valence-corrected chi connectivity index (χ4v) is 1.63. The van der Waals surface area contributed by atoms with Crippen LogP contribution in [0.4, 0.5) is 0 Å². The minimum Gasteiger partial charge on any atom is -0.379 e. The van der Waals surface area contributed by atoms with E-state index in [0.29, 0.717) is 12.0 Å². The standard InChI is InChI=1S/C10H16O/c1-3-9-5-7-10(8-6-9)11-4-2/h1,9-10H,4-8H2,2H3. The molecule has 1 saturated carbocycles. The molecule has 62 valence electrons. The average Bonchev–Trinajstić information content (AvgIpc) is 2.07. The molecular formula is C10H16O. The average molecular weight is 152 g/mol.